The number of hydrazine groups is 1. The largest absolute Gasteiger partial charge is 0.482 e. The molecule has 25 heavy (non-hydrogen) atoms. The lowest BCUT2D eigenvalue weighted by Crippen LogP contribution is -2.34. The average molecular weight is 398 g/mol. The monoisotopic (exact) mass is 396 g/mol. The number of carbonyl (C=O) groups is 1. The summed E-state index contributed by atoms with van der Waals surface area (Å²) in [6.07, 6.45) is 1.41. The zero-order chi connectivity index (χ0) is 17.8. The van der Waals surface area contributed by atoms with E-state index < -0.39 is 5.91 Å². The number of carbonyl (C=O) groups excluding carboxylic acids is 1. The average Bonchev–Trinajstić information content (AvgIpc) is 2.61. The standard InChI is InChI=1S/C16H11Cl3N4O2/c17-10-5-12(19)14(6-11(10)18)25-7-15(24)22-23-16-9-3-1-2-4-13(9)20-8-21-16/h1-6,8H,7H2,(H,22,24)(H,20,21,23). The summed E-state index contributed by atoms with van der Waals surface area (Å²) in [7, 11) is 0. The fourth-order valence-electron chi connectivity index (χ4n) is 2.03. The number of benzene rings is 2. The quantitative estimate of drug-likeness (QED) is 0.500. The van der Waals surface area contributed by atoms with Gasteiger partial charge in [-0.1, -0.05) is 46.9 Å². The highest BCUT2D eigenvalue weighted by Crippen LogP contribution is 2.33. The van der Waals surface area contributed by atoms with Crippen molar-refractivity contribution in [3.8, 4) is 5.75 Å². The molecule has 6 nitrogen and oxygen atoms in total. The van der Waals surface area contributed by atoms with Gasteiger partial charge in [-0.25, -0.2) is 9.97 Å². The number of nitrogens with zero attached hydrogens (tertiary/aromatic N) is 2. The lowest BCUT2D eigenvalue weighted by Gasteiger charge is -2.11. The van der Waals surface area contributed by atoms with E-state index in [4.69, 9.17) is 39.5 Å². The molecule has 0 spiro atoms. The van der Waals surface area contributed by atoms with Gasteiger partial charge in [0.15, 0.2) is 12.4 Å². The number of rotatable bonds is 5. The lowest BCUT2D eigenvalue weighted by atomic mass is 10.2. The van der Waals surface area contributed by atoms with Crippen molar-refractivity contribution >= 4 is 57.4 Å². The van der Waals surface area contributed by atoms with Gasteiger partial charge in [-0.2, -0.15) is 0 Å². The van der Waals surface area contributed by atoms with Crippen LogP contribution in [-0.2, 0) is 4.79 Å². The number of para-hydroxylation sites is 1. The second kappa shape index (κ2) is 7.74. The molecule has 1 amide bonds. The summed E-state index contributed by atoms with van der Waals surface area (Å²) >= 11 is 17.7. The number of amides is 1. The van der Waals surface area contributed by atoms with Crippen molar-refractivity contribution in [1.29, 1.82) is 0 Å². The second-order valence-corrected chi connectivity index (χ2v) is 6.12. The Morgan fingerprint density at radius 1 is 1.04 bits per heavy atom. The molecular weight excluding hydrogens is 387 g/mol. The predicted octanol–water partition coefficient (Wildman–Crippen LogP) is 4.11. The molecule has 0 unspecified atom stereocenters. The molecule has 2 N–H and O–H groups in total. The maximum Gasteiger partial charge on any atom is 0.276 e. The van der Waals surface area contributed by atoms with E-state index in [0.29, 0.717) is 10.8 Å². The van der Waals surface area contributed by atoms with Crippen LogP contribution in [0.15, 0.2) is 42.7 Å². The molecular formula is C16H11Cl3N4O2. The first kappa shape index (κ1) is 17.5. The SMILES string of the molecule is O=C(COc1cc(Cl)c(Cl)cc1Cl)NNc1ncnc2ccccc12. The van der Waals surface area contributed by atoms with Crippen LogP contribution in [0.4, 0.5) is 5.82 Å². The number of hydrogen-bond donors (Lipinski definition) is 2. The van der Waals surface area contributed by atoms with Crippen molar-refractivity contribution in [2.75, 3.05) is 12.0 Å². The summed E-state index contributed by atoms with van der Waals surface area (Å²) < 4.78 is 5.35. The maximum atomic E-state index is 11.9. The number of hydrogen-bond acceptors (Lipinski definition) is 5. The van der Waals surface area contributed by atoms with E-state index in [0.717, 1.165) is 10.9 Å². The fourth-order valence-corrected chi connectivity index (χ4v) is 2.62. The predicted molar refractivity (Wildman–Crippen MR) is 98.3 cm³/mol. The normalized spacial score (nSPS) is 10.5. The Bertz CT molecular complexity index is 931. The van der Waals surface area contributed by atoms with E-state index in [2.05, 4.69) is 20.8 Å². The Labute approximate surface area is 158 Å². The summed E-state index contributed by atoms with van der Waals surface area (Å²) in [4.78, 5) is 20.2. The molecule has 0 aliphatic heterocycles. The number of nitrogens with one attached hydrogen (secondary N) is 2. The molecule has 0 bridgehead atoms. The van der Waals surface area contributed by atoms with Crippen LogP contribution in [0, 0.1) is 0 Å². The van der Waals surface area contributed by atoms with Crippen molar-refractivity contribution in [1.82, 2.24) is 15.4 Å². The number of fused-ring (bicyclic) bond motifs is 1. The second-order valence-electron chi connectivity index (χ2n) is 4.90. The van der Waals surface area contributed by atoms with E-state index in [1.807, 2.05) is 24.3 Å². The summed E-state index contributed by atoms with van der Waals surface area (Å²) in [6.45, 7) is -0.270. The topological polar surface area (TPSA) is 76.1 Å². The Morgan fingerprint density at radius 2 is 1.80 bits per heavy atom. The van der Waals surface area contributed by atoms with E-state index in [-0.39, 0.29) is 22.4 Å². The number of anilines is 1. The van der Waals surface area contributed by atoms with Crippen LogP contribution in [0.25, 0.3) is 10.9 Å². The molecule has 3 rings (SSSR count). The minimum atomic E-state index is -0.426. The third kappa shape index (κ3) is 4.22. The van der Waals surface area contributed by atoms with Crippen molar-refractivity contribution in [3.63, 3.8) is 0 Å². The molecule has 0 saturated heterocycles. The first-order valence-corrected chi connectivity index (χ1v) is 8.20. The molecule has 9 heteroatoms. The molecule has 0 saturated carbocycles. The number of ether oxygens (including phenoxy) is 1. The fraction of sp³-hybridized carbons (Fsp3) is 0.0625. The van der Waals surface area contributed by atoms with Gasteiger partial charge in [-0.05, 0) is 18.2 Å². The zero-order valence-electron chi connectivity index (χ0n) is 12.6. The van der Waals surface area contributed by atoms with Crippen molar-refractivity contribution in [3.05, 3.63) is 57.8 Å². The molecule has 1 aromatic heterocycles. The van der Waals surface area contributed by atoms with E-state index >= 15 is 0 Å². The van der Waals surface area contributed by atoms with Gasteiger partial charge in [0.2, 0.25) is 0 Å². The molecule has 1 heterocycles. The molecule has 0 fully saturated rings. The van der Waals surface area contributed by atoms with Gasteiger partial charge in [-0.15, -0.1) is 0 Å². The van der Waals surface area contributed by atoms with Crippen molar-refractivity contribution in [2.24, 2.45) is 0 Å². The maximum absolute atomic E-state index is 11.9. The first-order chi connectivity index (χ1) is 12.0. The van der Waals surface area contributed by atoms with Crippen LogP contribution in [0.2, 0.25) is 15.1 Å². The Kier molecular flexibility index (Phi) is 5.43. The zero-order valence-corrected chi connectivity index (χ0v) is 14.9. The Hall–Kier alpha value is -2.28. The molecule has 0 radical (unpaired) electrons. The van der Waals surface area contributed by atoms with E-state index in [1.54, 1.807) is 0 Å². The minimum absolute atomic E-state index is 0.261. The number of aromatic nitrogens is 2. The highest BCUT2D eigenvalue weighted by atomic mass is 35.5. The minimum Gasteiger partial charge on any atom is -0.482 e. The van der Waals surface area contributed by atoms with Gasteiger partial charge in [0.05, 0.1) is 20.6 Å². The van der Waals surface area contributed by atoms with Crippen molar-refractivity contribution < 1.29 is 9.53 Å². The van der Waals surface area contributed by atoms with E-state index in [9.17, 15) is 4.79 Å². The van der Waals surface area contributed by atoms with Gasteiger partial charge < -0.3 is 4.74 Å². The summed E-state index contributed by atoms with van der Waals surface area (Å²) in [5.74, 6) is 0.315. The van der Waals surface area contributed by atoms with Crippen LogP contribution in [0.3, 0.4) is 0 Å². The van der Waals surface area contributed by atoms with Gasteiger partial charge in [0, 0.05) is 11.5 Å². The third-order valence-corrected chi connectivity index (χ3v) is 4.21. The highest BCUT2D eigenvalue weighted by molar-refractivity contribution is 6.43. The smallest absolute Gasteiger partial charge is 0.276 e. The molecule has 0 atom stereocenters. The Morgan fingerprint density at radius 3 is 2.64 bits per heavy atom. The van der Waals surface area contributed by atoms with Crippen LogP contribution >= 0.6 is 34.8 Å². The molecule has 0 aliphatic rings. The van der Waals surface area contributed by atoms with Crippen molar-refractivity contribution in [2.45, 2.75) is 0 Å². The molecule has 3 aromatic rings. The number of halogens is 3. The summed E-state index contributed by atoms with van der Waals surface area (Å²) in [5.41, 5.74) is 6.01. The molecule has 0 aliphatic carbocycles. The highest BCUT2D eigenvalue weighted by Gasteiger charge is 2.10. The molecule has 2 aromatic carbocycles. The van der Waals surface area contributed by atoms with Gasteiger partial charge in [-0.3, -0.25) is 15.6 Å². The summed E-state index contributed by atoms with van der Waals surface area (Å²) in [6, 6.07) is 10.3. The van der Waals surface area contributed by atoms with Crippen LogP contribution in [-0.4, -0.2) is 22.5 Å². The Balaban J connectivity index is 1.61. The first-order valence-electron chi connectivity index (χ1n) is 7.06. The lowest BCUT2D eigenvalue weighted by molar-refractivity contribution is -0.122. The molecule has 128 valence electrons. The van der Waals surface area contributed by atoms with Gasteiger partial charge in [0.1, 0.15) is 12.1 Å². The van der Waals surface area contributed by atoms with Crippen LogP contribution in [0.5, 0.6) is 5.75 Å². The summed E-state index contributed by atoms with van der Waals surface area (Å²) in [5, 5.41) is 1.63. The van der Waals surface area contributed by atoms with Crippen LogP contribution in [0.1, 0.15) is 0 Å². The van der Waals surface area contributed by atoms with Crippen LogP contribution < -0.4 is 15.6 Å². The van der Waals surface area contributed by atoms with Gasteiger partial charge in [0.25, 0.3) is 5.91 Å². The van der Waals surface area contributed by atoms with E-state index in [1.165, 1.54) is 18.5 Å². The van der Waals surface area contributed by atoms with Gasteiger partial charge >= 0.3 is 0 Å². The third-order valence-electron chi connectivity index (χ3n) is 3.20.